The Morgan fingerprint density at radius 2 is 1.91 bits per heavy atom. The predicted molar refractivity (Wildman–Crippen MR) is 125 cm³/mol. The summed E-state index contributed by atoms with van der Waals surface area (Å²) in [5.74, 6) is 0.665. The normalized spacial score (nSPS) is 43.8. The van der Waals surface area contributed by atoms with Gasteiger partial charge in [-0.15, -0.1) is 0 Å². The van der Waals surface area contributed by atoms with E-state index >= 15 is 0 Å². The Labute approximate surface area is 195 Å². The number of aliphatic hydroxyl groups excluding tert-OH is 2. The van der Waals surface area contributed by atoms with Gasteiger partial charge in [-0.2, -0.15) is 0 Å². The Balaban J connectivity index is 1.37. The van der Waals surface area contributed by atoms with Crippen LogP contribution in [0.1, 0.15) is 39.5 Å². The Morgan fingerprint density at radius 1 is 1.18 bits per heavy atom. The molecule has 1 aromatic carbocycles. The zero-order valence-electron chi connectivity index (χ0n) is 19.4. The van der Waals surface area contributed by atoms with Gasteiger partial charge in [0.05, 0.1) is 12.2 Å². The predicted octanol–water partition coefficient (Wildman–Crippen LogP) is 2.87. The lowest BCUT2D eigenvalue weighted by molar-refractivity contribution is -0.155. The van der Waals surface area contributed by atoms with Crippen molar-refractivity contribution in [2.24, 2.45) is 35.0 Å². The van der Waals surface area contributed by atoms with Crippen LogP contribution < -0.4 is 10.5 Å². The second-order valence-electron chi connectivity index (χ2n) is 10.9. The van der Waals surface area contributed by atoms with Crippen molar-refractivity contribution < 1.29 is 24.9 Å². The van der Waals surface area contributed by atoms with Crippen molar-refractivity contribution in [1.82, 2.24) is 0 Å². The van der Waals surface area contributed by atoms with Crippen LogP contribution in [0.3, 0.4) is 0 Å². The van der Waals surface area contributed by atoms with E-state index in [1.807, 2.05) is 12.2 Å². The molecule has 3 saturated carbocycles. The van der Waals surface area contributed by atoms with Crippen LogP contribution in [0.25, 0.3) is 0 Å². The number of Topliss-reactive ketones (excluding diaryl/α,β-unsaturated/α-hetero) is 1. The van der Waals surface area contributed by atoms with Gasteiger partial charge < -0.3 is 25.8 Å². The Bertz CT molecular complexity index is 987. The zero-order valence-corrected chi connectivity index (χ0v) is 19.4. The van der Waals surface area contributed by atoms with E-state index in [0.717, 1.165) is 12.8 Å². The van der Waals surface area contributed by atoms with Crippen LogP contribution >= 0.6 is 0 Å². The summed E-state index contributed by atoms with van der Waals surface area (Å²) in [6, 6.07) is 6.85. The maximum atomic E-state index is 13.2. The summed E-state index contributed by atoms with van der Waals surface area (Å²) in [7, 11) is 0. The highest BCUT2D eigenvalue weighted by atomic mass is 16.5. The van der Waals surface area contributed by atoms with E-state index in [9.17, 15) is 20.1 Å². The maximum absolute atomic E-state index is 13.2. The Kier molecular flexibility index (Phi) is 5.46. The van der Waals surface area contributed by atoms with Gasteiger partial charge in [0, 0.05) is 22.9 Å². The third kappa shape index (κ3) is 3.54. The largest absolute Gasteiger partial charge is 0.486 e. The van der Waals surface area contributed by atoms with Gasteiger partial charge in [-0.05, 0) is 67.7 Å². The highest BCUT2D eigenvalue weighted by Gasteiger charge is 2.63. The fourth-order valence-electron chi connectivity index (χ4n) is 7.67. The van der Waals surface area contributed by atoms with Gasteiger partial charge in [-0.1, -0.05) is 37.6 Å². The van der Waals surface area contributed by atoms with E-state index in [0.29, 0.717) is 24.3 Å². The molecule has 0 aromatic heterocycles. The first kappa shape index (κ1) is 22.6. The van der Waals surface area contributed by atoms with Gasteiger partial charge >= 0.3 is 0 Å². The minimum atomic E-state index is -1.47. The van der Waals surface area contributed by atoms with Gasteiger partial charge in [0.25, 0.3) is 0 Å². The second kappa shape index (κ2) is 7.97. The molecule has 178 valence electrons. The van der Waals surface area contributed by atoms with Gasteiger partial charge in [0.15, 0.2) is 0 Å². The first-order valence-corrected chi connectivity index (χ1v) is 12.1. The summed E-state index contributed by atoms with van der Waals surface area (Å²) in [4.78, 5) is 13.2. The van der Waals surface area contributed by atoms with Crippen molar-refractivity contribution >= 4 is 11.5 Å². The lowest BCUT2D eigenvalue weighted by atomic mass is 9.48. The highest BCUT2D eigenvalue weighted by molar-refractivity contribution is 5.89. The minimum absolute atomic E-state index is 0.0217. The molecule has 0 spiro atoms. The lowest BCUT2D eigenvalue weighted by Gasteiger charge is -2.58. The zero-order chi connectivity index (χ0) is 23.5. The maximum Gasteiger partial charge on any atom is 0.201 e. The van der Waals surface area contributed by atoms with Crippen molar-refractivity contribution in [2.45, 2.75) is 57.3 Å². The van der Waals surface area contributed by atoms with Crippen LogP contribution in [0.5, 0.6) is 5.75 Å². The number of hydrogen-bond acceptors (Lipinski definition) is 6. The standard InChI is InChI=1S/C27H35NO5/c1-15-11-20-19-8-10-27(32,24(31)14-33-18-5-3-16(28)4-6-18)22(19)13-23(30)25(20)26(2)9-7-17(29)12-21(15)26/h3-7,9,12,15,17,19-20,22-23,25,29-30,32H,8,10-11,13-14,28H2,1-2H3/t15-,17?,19-,20-,22-,23-,25+,26-,27+/m0/s1. The van der Waals surface area contributed by atoms with E-state index in [1.54, 1.807) is 24.3 Å². The van der Waals surface area contributed by atoms with Gasteiger partial charge in [0.2, 0.25) is 5.78 Å². The molecule has 0 amide bonds. The first-order chi connectivity index (χ1) is 15.6. The molecule has 0 bridgehead atoms. The lowest BCUT2D eigenvalue weighted by Crippen LogP contribution is -2.57. The number of hydrogen-bond donors (Lipinski definition) is 4. The molecule has 0 heterocycles. The van der Waals surface area contributed by atoms with Gasteiger partial charge in [0.1, 0.15) is 18.0 Å². The van der Waals surface area contributed by atoms with Crippen LogP contribution in [0.2, 0.25) is 0 Å². The molecule has 3 fully saturated rings. The molecule has 5 rings (SSSR count). The molecule has 0 saturated heterocycles. The molecule has 6 nitrogen and oxygen atoms in total. The molecule has 9 atom stereocenters. The van der Waals surface area contributed by atoms with Crippen molar-refractivity contribution in [1.29, 1.82) is 0 Å². The number of anilines is 1. The molecule has 0 radical (unpaired) electrons. The molecule has 4 aliphatic rings. The third-order valence-electron chi connectivity index (χ3n) is 9.10. The molecule has 33 heavy (non-hydrogen) atoms. The van der Waals surface area contributed by atoms with Crippen molar-refractivity contribution in [2.75, 3.05) is 12.3 Å². The van der Waals surface area contributed by atoms with Crippen LogP contribution in [-0.2, 0) is 4.79 Å². The molecule has 1 unspecified atom stereocenters. The highest BCUT2D eigenvalue weighted by Crippen LogP contribution is 2.63. The molecule has 0 aliphatic heterocycles. The van der Waals surface area contributed by atoms with Crippen molar-refractivity contribution in [3.63, 3.8) is 0 Å². The average molecular weight is 454 g/mol. The molecule has 5 N–H and O–H groups in total. The number of benzene rings is 1. The third-order valence-corrected chi connectivity index (χ3v) is 9.10. The number of nitrogen functional groups attached to an aromatic ring is 1. The van der Waals surface area contributed by atoms with Crippen molar-refractivity contribution in [3.05, 3.63) is 48.1 Å². The summed E-state index contributed by atoms with van der Waals surface area (Å²) < 4.78 is 5.66. The number of aliphatic hydroxyl groups is 3. The summed E-state index contributed by atoms with van der Waals surface area (Å²) in [5, 5.41) is 33.1. The summed E-state index contributed by atoms with van der Waals surface area (Å²) in [6.07, 6.45) is 7.14. The molecule has 6 heteroatoms. The molecular weight excluding hydrogens is 418 g/mol. The Hall–Kier alpha value is -2.15. The number of allylic oxidation sites excluding steroid dienone is 2. The fraction of sp³-hybridized carbons (Fsp3) is 0.593. The van der Waals surface area contributed by atoms with Gasteiger partial charge in [-0.3, -0.25) is 4.79 Å². The second-order valence-corrected chi connectivity index (χ2v) is 10.9. The number of carbonyl (C=O) groups is 1. The van der Waals surface area contributed by atoms with E-state index < -0.39 is 17.8 Å². The van der Waals surface area contributed by atoms with E-state index in [4.69, 9.17) is 10.5 Å². The topological polar surface area (TPSA) is 113 Å². The number of carbonyl (C=O) groups excluding carboxylic acids is 1. The molecule has 4 aliphatic carbocycles. The molecular formula is C27H35NO5. The number of nitrogens with two attached hydrogens (primary N) is 1. The van der Waals surface area contributed by atoms with Crippen LogP contribution in [0.15, 0.2) is 48.1 Å². The average Bonchev–Trinajstić information content (AvgIpc) is 3.12. The number of ketones is 1. The Morgan fingerprint density at radius 3 is 2.64 bits per heavy atom. The molecule has 1 aromatic rings. The fourth-order valence-corrected chi connectivity index (χ4v) is 7.67. The smallest absolute Gasteiger partial charge is 0.201 e. The van der Waals surface area contributed by atoms with Crippen LogP contribution in [-0.4, -0.2) is 45.5 Å². The van der Waals surface area contributed by atoms with Crippen LogP contribution in [0.4, 0.5) is 5.69 Å². The van der Waals surface area contributed by atoms with E-state index in [1.165, 1.54) is 5.57 Å². The van der Waals surface area contributed by atoms with E-state index in [2.05, 4.69) is 19.9 Å². The summed E-state index contributed by atoms with van der Waals surface area (Å²) in [5.41, 5.74) is 5.75. The monoisotopic (exact) mass is 453 g/mol. The number of fused-ring (bicyclic) bond motifs is 5. The number of ether oxygens (including phenoxy) is 1. The van der Waals surface area contributed by atoms with Crippen molar-refractivity contribution in [3.8, 4) is 5.75 Å². The SMILES string of the molecule is C[C@H]1C[C@H]2[C@@H]3CC[C@](O)(C(=O)COc4ccc(N)cc4)[C@H]3C[C@H](O)[C@@H]2[C@@]2(C)C=CC(O)C=C12. The number of rotatable bonds is 4. The first-order valence-electron chi connectivity index (χ1n) is 12.1. The van der Waals surface area contributed by atoms with Gasteiger partial charge in [-0.25, -0.2) is 0 Å². The quantitative estimate of drug-likeness (QED) is 0.412. The summed E-state index contributed by atoms with van der Waals surface area (Å²) >= 11 is 0. The van der Waals surface area contributed by atoms with Crippen LogP contribution in [0, 0.1) is 35.0 Å². The van der Waals surface area contributed by atoms with E-state index in [-0.39, 0.29) is 47.4 Å². The minimum Gasteiger partial charge on any atom is -0.486 e. The summed E-state index contributed by atoms with van der Waals surface area (Å²) in [6.45, 7) is 4.16.